The van der Waals surface area contributed by atoms with Gasteiger partial charge in [-0.15, -0.1) is 0 Å². The van der Waals surface area contributed by atoms with E-state index in [1.807, 2.05) is 0 Å². The highest BCUT2D eigenvalue weighted by Crippen LogP contribution is 2.26. The molecule has 13 heteroatoms. The van der Waals surface area contributed by atoms with Gasteiger partial charge < -0.3 is 25.4 Å². The van der Waals surface area contributed by atoms with Gasteiger partial charge >= 0.3 is 18.1 Å². The zero-order valence-electron chi connectivity index (χ0n) is 22.5. The maximum atomic E-state index is 12.8. The minimum absolute atomic E-state index is 0.0462. The van der Waals surface area contributed by atoms with Gasteiger partial charge in [0.15, 0.2) is 0 Å². The van der Waals surface area contributed by atoms with Crippen molar-refractivity contribution in [3.8, 4) is 11.8 Å². The molecular weight excluding hydrogens is 584 g/mol. The molecular formula is C27H29BrN6O6. The van der Waals surface area contributed by atoms with Crippen LogP contribution in [0.15, 0.2) is 59.3 Å². The van der Waals surface area contributed by atoms with Gasteiger partial charge in [0.2, 0.25) is 5.91 Å². The van der Waals surface area contributed by atoms with Crippen LogP contribution in [0.25, 0.3) is 0 Å². The Kier molecular flexibility index (Phi) is 9.78. The number of aryl methyl sites for hydroxylation is 1. The van der Waals surface area contributed by atoms with E-state index in [0.717, 1.165) is 0 Å². The van der Waals surface area contributed by atoms with Gasteiger partial charge in [0.25, 0.3) is 5.91 Å². The summed E-state index contributed by atoms with van der Waals surface area (Å²) in [5.41, 5.74) is 0.580. The molecule has 3 aromatic rings. The minimum atomic E-state index is -0.959. The van der Waals surface area contributed by atoms with Gasteiger partial charge in [-0.05, 0) is 86.4 Å². The molecule has 0 saturated heterocycles. The number of imide groups is 1. The van der Waals surface area contributed by atoms with Crippen LogP contribution in [-0.4, -0.2) is 45.5 Å². The summed E-state index contributed by atoms with van der Waals surface area (Å²) in [5, 5.41) is 9.85. The van der Waals surface area contributed by atoms with Gasteiger partial charge in [-0.1, -0.05) is 12.1 Å². The van der Waals surface area contributed by atoms with E-state index in [1.54, 1.807) is 70.4 Å². The van der Waals surface area contributed by atoms with Crippen molar-refractivity contribution in [1.29, 1.82) is 0 Å². The lowest BCUT2D eigenvalue weighted by Crippen LogP contribution is -2.44. The van der Waals surface area contributed by atoms with Gasteiger partial charge in [0.1, 0.15) is 17.4 Å². The number of amides is 5. The Morgan fingerprint density at radius 1 is 0.975 bits per heavy atom. The summed E-state index contributed by atoms with van der Waals surface area (Å²) in [6, 6.07) is 9.46. The van der Waals surface area contributed by atoms with Crippen molar-refractivity contribution in [2.24, 2.45) is 0 Å². The summed E-state index contributed by atoms with van der Waals surface area (Å²) in [6.07, 6.45) is 2.36. The van der Waals surface area contributed by atoms with Crippen LogP contribution in [0.5, 0.6) is 11.8 Å². The molecule has 0 aliphatic heterocycles. The second kappa shape index (κ2) is 13.0. The van der Waals surface area contributed by atoms with Crippen molar-refractivity contribution in [3.05, 3.63) is 70.5 Å². The fourth-order valence-corrected chi connectivity index (χ4v) is 3.41. The number of nitrogens with one attached hydrogen (secondary N) is 4. The first-order valence-corrected chi connectivity index (χ1v) is 12.9. The lowest BCUT2D eigenvalue weighted by Gasteiger charge is -2.22. The summed E-state index contributed by atoms with van der Waals surface area (Å²) in [7, 11) is 0. The number of anilines is 2. The molecule has 0 aliphatic rings. The highest BCUT2D eigenvalue weighted by molar-refractivity contribution is 9.10. The Bertz CT molecular complexity index is 1410. The third kappa shape index (κ3) is 9.05. The third-order valence-corrected chi connectivity index (χ3v) is 5.42. The molecule has 4 N–H and O–H groups in total. The Morgan fingerprint density at radius 3 is 2.30 bits per heavy atom. The predicted octanol–water partition coefficient (Wildman–Crippen LogP) is 5.15. The van der Waals surface area contributed by atoms with Crippen LogP contribution in [0, 0.1) is 6.92 Å². The van der Waals surface area contributed by atoms with Crippen molar-refractivity contribution < 1.29 is 28.7 Å². The molecule has 0 fully saturated rings. The zero-order valence-corrected chi connectivity index (χ0v) is 24.1. The Balaban J connectivity index is 1.60. The molecule has 0 saturated carbocycles. The van der Waals surface area contributed by atoms with Crippen LogP contribution >= 0.6 is 15.9 Å². The monoisotopic (exact) mass is 612 g/mol. The molecule has 0 spiro atoms. The van der Waals surface area contributed by atoms with E-state index in [0.29, 0.717) is 21.5 Å². The average Bonchev–Trinajstić information content (AvgIpc) is 2.86. The molecule has 12 nitrogen and oxygen atoms in total. The van der Waals surface area contributed by atoms with Gasteiger partial charge in [0.05, 0.1) is 15.7 Å². The summed E-state index contributed by atoms with van der Waals surface area (Å²) in [5.74, 6) is -0.837. The number of hydrogen-bond acceptors (Lipinski definition) is 8. The number of rotatable bonds is 7. The van der Waals surface area contributed by atoms with Gasteiger partial charge in [0, 0.05) is 18.1 Å². The van der Waals surface area contributed by atoms with Gasteiger partial charge in [-0.3, -0.25) is 14.9 Å². The summed E-state index contributed by atoms with van der Waals surface area (Å²) < 4.78 is 11.5. The fraction of sp³-hybridized carbons (Fsp3) is 0.259. The van der Waals surface area contributed by atoms with Gasteiger partial charge in [-0.2, -0.15) is 0 Å². The number of para-hydroxylation sites is 1. The number of alkyl carbamates (subject to hydrolysis) is 1. The van der Waals surface area contributed by atoms with E-state index in [9.17, 15) is 19.2 Å². The number of ether oxygens (including phenoxy) is 2. The van der Waals surface area contributed by atoms with E-state index >= 15 is 0 Å². The SMILES string of the molecule is Cc1cc(NC(=O)NC(=O)c2ccccc2NC(=O)[C@@H](C)NC(=O)OC(C)(C)C)ccc1Oc1ncc(Br)cn1. The van der Waals surface area contributed by atoms with Crippen molar-refractivity contribution >= 4 is 51.2 Å². The average molecular weight is 613 g/mol. The van der Waals surface area contributed by atoms with Crippen LogP contribution in [0.4, 0.5) is 21.0 Å². The zero-order chi connectivity index (χ0) is 29.4. The quantitative estimate of drug-likeness (QED) is 0.285. The maximum absolute atomic E-state index is 12.8. The second-order valence-corrected chi connectivity index (χ2v) is 10.5. The highest BCUT2D eigenvalue weighted by Gasteiger charge is 2.23. The van der Waals surface area contributed by atoms with E-state index in [1.165, 1.54) is 19.1 Å². The number of carbonyl (C=O) groups is 4. The number of carbonyl (C=O) groups excluding carboxylic acids is 4. The topological polar surface area (TPSA) is 161 Å². The lowest BCUT2D eigenvalue weighted by molar-refractivity contribution is -0.117. The Labute approximate surface area is 239 Å². The van der Waals surface area contributed by atoms with Crippen molar-refractivity contribution in [2.45, 2.75) is 46.3 Å². The van der Waals surface area contributed by atoms with Crippen molar-refractivity contribution in [2.75, 3.05) is 10.6 Å². The minimum Gasteiger partial charge on any atom is -0.444 e. The molecule has 2 aromatic carbocycles. The van der Waals surface area contributed by atoms with E-state index in [4.69, 9.17) is 9.47 Å². The van der Waals surface area contributed by atoms with Crippen LogP contribution in [-0.2, 0) is 9.53 Å². The third-order valence-electron chi connectivity index (χ3n) is 5.01. The highest BCUT2D eigenvalue weighted by atomic mass is 79.9. The first kappa shape index (κ1) is 30.0. The Hall–Kier alpha value is -4.52. The number of nitrogens with zero attached hydrogens (tertiary/aromatic N) is 2. The molecule has 3 rings (SSSR count). The summed E-state index contributed by atoms with van der Waals surface area (Å²) in [4.78, 5) is 58.1. The lowest BCUT2D eigenvalue weighted by atomic mass is 10.1. The molecule has 0 unspecified atom stereocenters. The number of halogens is 1. The summed E-state index contributed by atoms with van der Waals surface area (Å²) in [6.45, 7) is 8.36. The first-order valence-electron chi connectivity index (χ1n) is 12.1. The molecule has 0 aliphatic carbocycles. The maximum Gasteiger partial charge on any atom is 0.408 e. The second-order valence-electron chi connectivity index (χ2n) is 9.58. The Morgan fingerprint density at radius 2 is 1.65 bits per heavy atom. The molecule has 210 valence electrons. The number of urea groups is 1. The first-order chi connectivity index (χ1) is 18.8. The van der Waals surface area contributed by atoms with Crippen LogP contribution in [0.1, 0.15) is 43.6 Å². The van der Waals surface area contributed by atoms with E-state index < -0.39 is 35.6 Å². The molecule has 5 amide bonds. The summed E-state index contributed by atoms with van der Waals surface area (Å²) >= 11 is 3.26. The molecule has 0 radical (unpaired) electrons. The van der Waals surface area contributed by atoms with Crippen molar-refractivity contribution in [3.63, 3.8) is 0 Å². The predicted molar refractivity (Wildman–Crippen MR) is 151 cm³/mol. The van der Waals surface area contributed by atoms with Crippen LogP contribution < -0.4 is 26.0 Å². The van der Waals surface area contributed by atoms with Crippen LogP contribution in [0.3, 0.4) is 0 Å². The largest absolute Gasteiger partial charge is 0.444 e. The number of hydrogen-bond donors (Lipinski definition) is 4. The normalized spacial score (nSPS) is 11.6. The van der Waals surface area contributed by atoms with Crippen molar-refractivity contribution in [1.82, 2.24) is 20.6 Å². The molecule has 1 atom stereocenters. The standard InChI is InChI=1S/C27H29BrN6O6/c1-15-12-18(10-11-21(15)39-25-29-13-17(28)14-30-25)32-24(37)34-23(36)19-8-6-7-9-20(19)33-22(35)16(2)31-26(38)40-27(3,4)5/h6-14,16H,1-5H3,(H,31,38)(H,33,35)(H2,32,34,36,37)/t16-/m1/s1. The molecule has 1 aromatic heterocycles. The fourth-order valence-electron chi connectivity index (χ4n) is 3.21. The molecule has 40 heavy (non-hydrogen) atoms. The number of benzene rings is 2. The smallest absolute Gasteiger partial charge is 0.408 e. The molecule has 1 heterocycles. The van der Waals surface area contributed by atoms with E-state index in [2.05, 4.69) is 47.2 Å². The molecule has 0 bridgehead atoms. The van der Waals surface area contributed by atoms with Crippen LogP contribution in [0.2, 0.25) is 0 Å². The van der Waals surface area contributed by atoms with Gasteiger partial charge in [-0.25, -0.2) is 19.6 Å². The van der Waals surface area contributed by atoms with E-state index in [-0.39, 0.29) is 17.3 Å². The number of aromatic nitrogens is 2.